The molecule has 1 amide bonds. The standard InChI is InChI=1S/C21H19F2N3O/c22-17-10-15(11-18(23)12-17)13-25-20(27)14-26-21(16-6-2-1-3-7-16)19-8-4-5-9-24-19/h1-12,21,26H,13-14H2,(H,25,27). The van der Waals surface area contributed by atoms with Crippen molar-refractivity contribution in [3.63, 3.8) is 0 Å². The average molecular weight is 367 g/mol. The number of rotatable bonds is 7. The summed E-state index contributed by atoms with van der Waals surface area (Å²) in [5.41, 5.74) is 2.14. The molecule has 1 unspecified atom stereocenters. The number of hydrogen-bond donors (Lipinski definition) is 2. The first-order chi connectivity index (χ1) is 13.1. The number of halogens is 2. The molecule has 0 saturated heterocycles. The minimum absolute atomic E-state index is 0.0356. The maximum atomic E-state index is 13.2. The van der Waals surface area contributed by atoms with Crippen LogP contribution in [-0.4, -0.2) is 17.4 Å². The highest BCUT2D eigenvalue weighted by atomic mass is 19.1. The van der Waals surface area contributed by atoms with E-state index in [1.807, 2.05) is 48.5 Å². The Hall–Kier alpha value is -3.12. The van der Waals surface area contributed by atoms with Crippen molar-refractivity contribution in [3.05, 3.63) is 101 Å². The Labute approximate surface area is 156 Å². The summed E-state index contributed by atoms with van der Waals surface area (Å²) < 4.78 is 26.4. The SMILES string of the molecule is O=C(CNC(c1ccccc1)c1ccccn1)NCc1cc(F)cc(F)c1. The predicted octanol–water partition coefficient (Wildman–Crippen LogP) is 3.36. The van der Waals surface area contributed by atoms with Gasteiger partial charge in [0.2, 0.25) is 5.91 Å². The van der Waals surface area contributed by atoms with Crippen LogP contribution in [0.25, 0.3) is 0 Å². The van der Waals surface area contributed by atoms with Crippen molar-refractivity contribution in [3.8, 4) is 0 Å². The molecule has 0 spiro atoms. The minimum atomic E-state index is -0.670. The molecule has 0 aliphatic rings. The second kappa shape index (κ2) is 9.00. The lowest BCUT2D eigenvalue weighted by Crippen LogP contribution is -2.36. The van der Waals surface area contributed by atoms with Gasteiger partial charge in [0, 0.05) is 18.8 Å². The Balaban J connectivity index is 1.62. The summed E-state index contributed by atoms with van der Waals surface area (Å²) in [6.07, 6.45) is 1.70. The third-order valence-electron chi connectivity index (χ3n) is 4.00. The Kier molecular flexibility index (Phi) is 6.22. The van der Waals surface area contributed by atoms with Crippen LogP contribution in [0.5, 0.6) is 0 Å². The molecule has 2 aromatic carbocycles. The molecule has 0 fully saturated rings. The lowest BCUT2D eigenvalue weighted by atomic mass is 10.0. The maximum Gasteiger partial charge on any atom is 0.234 e. The van der Waals surface area contributed by atoms with Gasteiger partial charge in [0.05, 0.1) is 18.3 Å². The fourth-order valence-corrected chi connectivity index (χ4v) is 2.76. The summed E-state index contributed by atoms with van der Waals surface area (Å²) in [5.74, 6) is -1.62. The Morgan fingerprint density at radius 2 is 1.67 bits per heavy atom. The van der Waals surface area contributed by atoms with Crippen LogP contribution in [-0.2, 0) is 11.3 Å². The van der Waals surface area contributed by atoms with Gasteiger partial charge in [-0.25, -0.2) is 8.78 Å². The fourth-order valence-electron chi connectivity index (χ4n) is 2.76. The number of nitrogens with one attached hydrogen (secondary N) is 2. The molecule has 0 saturated carbocycles. The number of carbonyl (C=O) groups is 1. The number of hydrogen-bond acceptors (Lipinski definition) is 3. The van der Waals surface area contributed by atoms with Crippen LogP contribution in [0, 0.1) is 11.6 Å². The zero-order chi connectivity index (χ0) is 19.1. The van der Waals surface area contributed by atoms with Crippen molar-refractivity contribution in [1.82, 2.24) is 15.6 Å². The molecular formula is C21H19F2N3O. The average Bonchev–Trinajstić information content (AvgIpc) is 2.67. The Bertz CT molecular complexity index is 829. The van der Waals surface area contributed by atoms with Crippen molar-refractivity contribution in [2.75, 3.05) is 6.54 Å². The van der Waals surface area contributed by atoms with Crippen molar-refractivity contribution < 1.29 is 13.6 Å². The molecule has 6 heteroatoms. The van der Waals surface area contributed by atoms with Crippen LogP contribution in [0.2, 0.25) is 0 Å². The lowest BCUT2D eigenvalue weighted by molar-refractivity contribution is -0.120. The van der Waals surface area contributed by atoms with Gasteiger partial charge < -0.3 is 5.32 Å². The number of pyridine rings is 1. The van der Waals surface area contributed by atoms with E-state index < -0.39 is 11.6 Å². The van der Waals surface area contributed by atoms with E-state index >= 15 is 0 Å². The molecule has 3 aromatic rings. The normalized spacial score (nSPS) is 11.8. The second-order valence-corrected chi connectivity index (χ2v) is 6.03. The zero-order valence-corrected chi connectivity index (χ0v) is 14.5. The quantitative estimate of drug-likeness (QED) is 0.673. The maximum absolute atomic E-state index is 13.2. The molecule has 1 atom stereocenters. The van der Waals surface area contributed by atoms with Crippen molar-refractivity contribution in [2.24, 2.45) is 0 Å². The van der Waals surface area contributed by atoms with Crippen LogP contribution in [0.15, 0.2) is 72.9 Å². The van der Waals surface area contributed by atoms with E-state index in [1.165, 1.54) is 12.1 Å². The molecule has 1 aromatic heterocycles. The van der Waals surface area contributed by atoms with Gasteiger partial charge in [0.25, 0.3) is 0 Å². The molecule has 0 bridgehead atoms. The lowest BCUT2D eigenvalue weighted by Gasteiger charge is -2.18. The van der Waals surface area contributed by atoms with Gasteiger partial charge in [0.15, 0.2) is 0 Å². The summed E-state index contributed by atoms with van der Waals surface area (Å²) in [4.78, 5) is 16.5. The molecule has 1 heterocycles. The van der Waals surface area contributed by atoms with E-state index in [1.54, 1.807) is 6.20 Å². The largest absolute Gasteiger partial charge is 0.351 e. The highest BCUT2D eigenvalue weighted by Gasteiger charge is 2.16. The molecule has 27 heavy (non-hydrogen) atoms. The van der Waals surface area contributed by atoms with Crippen LogP contribution in [0.4, 0.5) is 8.78 Å². The van der Waals surface area contributed by atoms with E-state index in [9.17, 15) is 13.6 Å². The molecule has 4 nitrogen and oxygen atoms in total. The topological polar surface area (TPSA) is 54.0 Å². The van der Waals surface area contributed by atoms with Crippen LogP contribution in [0.3, 0.4) is 0 Å². The van der Waals surface area contributed by atoms with Crippen molar-refractivity contribution in [1.29, 1.82) is 0 Å². The first-order valence-electron chi connectivity index (χ1n) is 8.53. The number of amides is 1. The molecule has 3 rings (SSSR count). The van der Waals surface area contributed by atoms with Gasteiger partial charge in [0.1, 0.15) is 11.6 Å². The van der Waals surface area contributed by atoms with E-state index in [0.29, 0.717) is 5.56 Å². The summed E-state index contributed by atoms with van der Waals surface area (Å²) >= 11 is 0. The third kappa shape index (κ3) is 5.43. The molecular weight excluding hydrogens is 348 g/mol. The van der Waals surface area contributed by atoms with Crippen molar-refractivity contribution in [2.45, 2.75) is 12.6 Å². The van der Waals surface area contributed by atoms with E-state index in [-0.39, 0.29) is 25.0 Å². The number of nitrogens with zero attached hydrogens (tertiary/aromatic N) is 1. The Morgan fingerprint density at radius 3 is 2.33 bits per heavy atom. The Morgan fingerprint density at radius 1 is 0.963 bits per heavy atom. The smallest absolute Gasteiger partial charge is 0.234 e. The summed E-state index contributed by atoms with van der Waals surface area (Å²) in [6.45, 7) is 0.0860. The second-order valence-electron chi connectivity index (χ2n) is 6.03. The van der Waals surface area contributed by atoms with Gasteiger partial charge in [-0.1, -0.05) is 36.4 Å². The monoisotopic (exact) mass is 367 g/mol. The molecule has 0 radical (unpaired) electrons. The summed E-state index contributed by atoms with van der Waals surface area (Å²) in [7, 11) is 0. The van der Waals surface area contributed by atoms with Gasteiger partial charge >= 0.3 is 0 Å². The number of carbonyl (C=O) groups excluding carboxylic acids is 1. The highest BCUT2D eigenvalue weighted by molar-refractivity contribution is 5.78. The van der Waals surface area contributed by atoms with E-state index in [2.05, 4.69) is 15.6 Å². The van der Waals surface area contributed by atoms with Gasteiger partial charge in [-0.05, 0) is 35.4 Å². The van der Waals surface area contributed by atoms with Gasteiger partial charge in [-0.2, -0.15) is 0 Å². The fraction of sp³-hybridized carbons (Fsp3) is 0.143. The molecule has 2 N–H and O–H groups in total. The summed E-state index contributed by atoms with van der Waals surface area (Å²) in [6, 6.07) is 18.2. The minimum Gasteiger partial charge on any atom is -0.351 e. The van der Waals surface area contributed by atoms with Crippen LogP contribution < -0.4 is 10.6 Å². The van der Waals surface area contributed by atoms with Crippen molar-refractivity contribution >= 4 is 5.91 Å². The summed E-state index contributed by atoms with van der Waals surface area (Å²) in [5, 5.41) is 5.84. The highest BCUT2D eigenvalue weighted by Crippen LogP contribution is 2.19. The molecule has 0 aliphatic carbocycles. The molecule has 138 valence electrons. The first kappa shape index (κ1) is 18.7. The third-order valence-corrected chi connectivity index (χ3v) is 4.00. The zero-order valence-electron chi connectivity index (χ0n) is 14.5. The predicted molar refractivity (Wildman–Crippen MR) is 98.7 cm³/mol. The van der Waals surface area contributed by atoms with Crippen LogP contribution in [0.1, 0.15) is 22.9 Å². The molecule has 0 aliphatic heterocycles. The first-order valence-corrected chi connectivity index (χ1v) is 8.53. The van der Waals surface area contributed by atoms with Gasteiger partial charge in [-0.3, -0.25) is 15.1 Å². The number of aromatic nitrogens is 1. The number of benzene rings is 2. The van der Waals surface area contributed by atoms with Gasteiger partial charge in [-0.15, -0.1) is 0 Å². The van der Waals surface area contributed by atoms with E-state index in [4.69, 9.17) is 0 Å². The van der Waals surface area contributed by atoms with Crippen LogP contribution >= 0.6 is 0 Å². The van der Waals surface area contributed by atoms with E-state index in [0.717, 1.165) is 17.3 Å².